The van der Waals surface area contributed by atoms with Crippen molar-refractivity contribution in [2.24, 2.45) is 0 Å². The number of urea groups is 1. The maximum absolute atomic E-state index is 13.9. The van der Waals surface area contributed by atoms with Crippen LogP contribution in [0.25, 0.3) is 0 Å². The van der Waals surface area contributed by atoms with Crippen LogP contribution in [0.15, 0.2) is 48.5 Å². The normalized spacial score (nSPS) is 17.5. The van der Waals surface area contributed by atoms with Gasteiger partial charge in [0.2, 0.25) is 0 Å². The van der Waals surface area contributed by atoms with Crippen LogP contribution in [0.2, 0.25) is 0 Å². The zero-order valence-corrected chi connectivity index (χ0v) is 12.4. The van der Waals surface area contributed by atoms with Crippen LogP contribution >= 0.6 is 11.8 Å². The van der Waals surface area contributed by atoms with Crippen molar-refractivity contribution < 1.29 is 13.6 Å². The Hall–Kier alpha value is -2.08. The van der Waals surface area contributed by atoms with Gasteiger partial charge in [-0.15, -0.1) is 11.8 Å². The lowest BCUT2D eigenvalue weighted by atomic mass is 10.2. The molecule has 114 valence electrons. The number of halogens is 2. The van der Waals surface area contributed by atoms with Crippen molar-refractivity contribution in [1.82, 2.24) is 4.90 Å². The van der Waals surface area contributed by atoms with E-state index in [0.717, 1.165) is 5.75 Å². The summed E-state index contributed by atoms with van der Waals surface area (Å²) in [4.78, 5) is 13.9. The molecule has 1 unspecified atom stereocenters. The molecule has 3 nitrogen and oxygen atoms in total. The van der Waals surface area contributed by atoms with Gasteiger partial charge in [-0.25, -0.2) is 13.6 Å². The average molecular weight is 320 g/mol. The molecule has 0 spiro atoms. The fourth-order valence-corrected chi connectivity index (χ4v) is 3.65. The topological polar surface area (TPSA) is 32.3 Å². The molecule has 0 aliphatic carbocycles. The number of thioether (sulfide) groups is 1. The van der Waals surface area contributed by atoms with E-state index in [9.17, 15) is 13.6 Å². The molecule has 0 aromatic heterocycles. The minimum Gasteiger partial charge on any atom is -0.308 e. The first-order chi connectivity index (χ1) is 10.6. The van der Waals surface area contributed by atoms with E-state index >= 15 is 0 Å². The van der Waals surface area contributed by atoms with Gasteiger partial charge in [0, 0.05) is 23.5 Å². The van der Waals surface area contributed by atoms with E-state index in [2.05, 4.69) is 5.32 Å². The van der Waals surface area contributed by atoms with E-state index < -0.39 is 5.82 Å². The van der Waals surface area contributed by atoms with Crippen LogP contribution in [-0.4, -0.2) is 23.2 Å². The van der Waals surface area contributed by atoms with Crippen LogP contribution in [-0.2, 0) is 0 Å². The van der Waals surface area contributed by atoms with Crippen molar-refractivity contribution >= 4 is 23.5 Å². The summed E-state index contributed by atoms with van der Waals surface area (Å²) in [7, 11) is 0. The Balaban J connectivity index is 1.78. The van der Waals surface area contributed by atoms with Crippen LogP contribution in [0.1, 0.15) is 10.9 Å². The van der Waals surface area contributed by atoms with Crippen LogP contribution in [0.4, 0.5) is 19.3 Å². The summed E-state index contributed by atoms with van der Waals surface area (Å²) in [5, 5.41) is 2.29. The molecule has 1 saturated heterocycles. The lowest BCUT2D eigenvalue weighted by molar-refractivity contribution is 0.213. The lowest BCUT2D eigenvalue weighted by Crippen LogP contribution is -2.34. The first kappa shape index (κ1) is 14.8. The molecule has 0 bridgehead atoms. The van der Waals surface area contributed by atoms with Gasteiger partial charge in [0.15, 0.2) is 0 Å². The number of carbonyl (C=O) groups excluding carboxylic acids is 1. The molecule has 1 N–H and O–H groups in total. The number of hydrogen-bond acceptors (Lipinski definition) is 2. The standard InChI is InChI=1S/C16H14F2N2OS/c17-11-4-3-5-12(10-11)19-16(21)20-8-9-22-15(20)13-6-1-2-7-14(13)18/h1-7,10,15H,8-9H2,(H,19,21). The molecule has 1 heterocycles. The zero-order valence-electron chi connectivity index (χ0n) is 11.6. The van der Waals surface area contributed by atoms with Crippen LogP contribution in [0.5, 0.6) is 0 Å². The van der Waals surface area contributed by atoms with Gasteiger partial charge >= 0.3 is 6.03 Å². The third-order valence-corrected chi connectivity index (χ3v) is 4.64. The second kappa shape index (κ2) is 6.36. The highest BCUT2D eigenvalue weighted by molar-refractivity contribution is 7.99. The summed E-state index contributed by atoms with van der Waals surface area (Å²) in [5.74, 6) is -0.0139. The summed E-state index contributed by atoms with van der Waals surface area (Å²) >= 11 is 1.51. The third-order valence-electron chi connectivity index (χ3n) is 3.40. The highest BCUT2D eigenvalue weighted by atomic mass is 32.2. The number of carbonyl (C=O) groups is 1. The molecular formula is C16H14F2N2OS. The first-order valence-corrected chi connectivity index (χ1v) is 7.89. The molecular weight excluding hydrogens is 306 g/mol. The number of anilines is 1. The highest BCUT2D eigenvalue weighted by Gasteiger charge is 2.32. The Labute approximate surface area is 131 Å². The Morgan fingerprint density at radius 1 is 1.18 bits per heavy atom. The average Bonchev–Trinajstić information content (AvgIpc) is 2.97. The fourth-order valence-electron chi connectivity index (χ4n) is 2.37. The predicted molar refractivity (Wildman–Crippen MR) is 83.7 cm³/mol. The van der Waals surface area contributed by atoms with E-state index in [1.54, 1.807) is 29.2 Å². The van der Waals surface area contributed by atoms with Crippen molar-refractivity contribution in [3.8, 4) is 0 Å². The Bertz CT molecular complexity index is 695. The quantitative estimate of drug-likeness (QED) is 0.897. The summed E-state index contributed by atoms with van der Waals surface area (Å²) < 4.78 is 27.1. The van der Waals surface area contributed by atoms with Crippen LogP contribution in [0.3, 0.4) is 0 Å². The van der Waals surface area contributed by atoms with Gasteiger partial charge in [-0.2, -0.15) is 0 Å². The Kier molecular flexibility index (Phi) is 4.29. The Morgan fingerprint density at radius 2 is 2.00 bits per heavy atom. The summed E-state index contributed by atoms with van der Waals surface area (Å²) in [6.45, 7) is 0.519. The maximum atomic E-state index is 13.9. The minimum absolute atomic E-state index is 0.328. The molecule has 22 heavy (non-hydrogen) atoms. The predicted octanol–water partition coefficient (Wildman–Crippen LogP) is 4.24. The van der Waals surface area contributed by atoms with Crippen molar-refractivity contribution in [1.29, 1.82) is 0 Å². The SMILES string of the molecule is O=C(Nc1cccc(F)c1)N1CCSC1c1ccccc1F. The zero-order chi connectivity index (χ0) is 15.5. The van der Waals surface area contributed by atoms with Crippen molar-refractivity contribution in [3.05, 3.63) is 65.7 Å². The van der Waals surface area contributed by atoms with Gasteiger partial charge < -0.3 is 10.2 Å². The van der Waals surface area contributed by atoms with Gasteiger partial charge in [0.05, 0.1) is 0 Å². The monoisotopic (exact) mass is 320 g/mol. The molecule has 2 aromatic carbocycles. The minimum atomic E-state index is -0.417. The third kappa shape index (κ3) is 3.06. The number of amides is 2. The highest BCUT2D eigenvalue weighted by Crippen LogP contribution is 2.39. The number of nitrogens with one attached hydrogen (secondary N) is 1. The van der Waals surface area contributed by atoms with Gasteiger partial charge in [-0.3, -0.25) is 0 Å². The van der Waals surface area contributed by atoms with Gasteiger partial charge in [-0.1, -0.05) is 24.3 Å². The molecule has 3 rings (SSSR count). The fraction of sp³-hybridized carbons (Fsp3) is 0.188. The second-order valence-corrected chi connectivity index (χ2v) is 6.07. The first-order valence-electron chi connectivity index (χ1n) is 6.84. The van der Waals surface area contributed by atoms with Gasteiger partial charge in [0.25, 0.3) is 0 Å². The van der Waals surface area contributed by atoms with Crippen molar-refractivity contribution in [2.75, 3.05) is 17.6 Å². The van der Waals surface area contributed by atoms with Crippen molar-refractivity contribution in [3.63, 3.8) is 0 Å². The summed E-state index contributed by atoms with van der Waals surface area (Å²) in [6.07, 6.45) is 0. The smallest absolute Gasteiger partial charge is 0.308 e. The molecule has 0 radical (unpaired) electrons. The number of nitrogens with zero attached hydrogens (tertiary/aromatic N) is 1. The molecule has 6 heteroatoms. The lowest BCUT2D eigenvalue weighted by Gasteiger charge is -2.24. The van der Waals surface area contributed by atoms with E-state index in [1.807, 2.05) is 0 Å². The van der Waals surface area contributed by atoms with E-state index in [4.69, 9.17) is 0 Å². The molecule has 1 fully saturated rings. The number of benzene rings is 2. The summed E-state index contributed by atoms with van der Waals surface area (Å²) in [6, 6.07) is 11.8. The molecule has 1 aliphatic heterocycles. The molecule has 2 aromatic rings. The van der Waals surface area contributed by atoms with Gasteiger partial charge in [-0.05, 0) is 24.3 Å². The maximum Gasteiger partial charge on any atom is 0.323 e. The molecule has 0 saturated carbocycles. The molecule has 2 amide bonds. The molecule has 1 atom stereocenters. The largest absolute Gasteiger partial charge is 0.323 e. The van der Waals surface area contributed by atoms with Crippen molar-refractivity contribution in [2.45, 2.75) is 5.37 Å². The van der Waals surface area contributed by atoms with E-state index in [1.165, 1.54) is 36.0 Å². The molecule has 1 aliphatic rings. The second-order valence-electron chi connectivity index (χ2n) is 4.88. The number of hydrogen-bond donors (Lipinski definition) is 1. The van der Waals surface area contributed by atoms with Gasteiger partial charge in [0.1, 0.15) is 17.0 Å². The number of rotatable bonds is 2. The Morgan fingerprint density at radius 3 is 2.77 bits per heavy atom. The van der Waals surface area contributed by atoms with Crippen LogP contribution in [0, 0.1) is 11.6 Å². The van der Waals surface area contributed by atoms with E-state index in [-0.39, 0.29) is 17.2 Å². The summed E-state index contributed by atoms with van der Waals surface area (Å²) in [5.41, 5.74) is 0.869. The van der Waals surface area contributed by atoms with Crippen LogP contribution < -0.4 is 5.32 Å². The van der Waals surface area contributed by atoms with E-state index in [0.29, 0.717) is 17.8 Å².